The summed E-state index contributed by atoms with van der Waals surface area (Å²) in [5.41, 5.74) is 1.02. The quantitative estimate of drug-likeness (QED) is 0.551. The Morgan fingerprint density at radius 3 is 2.33 bits per heavy atom. The SMILES string of the molecule is CC[C@H]1OC(=O)[C@H](C)[C@@H](OCc2ccc(OC)cc2)[C@@H](C)C[C@@H](C)[C@H](O)/C=C/[C@H]1C. The number of cyclic esters (lactones) is 1. The predicted molar refractivity (Wildman–Crippen MR) is 118 cm³/mol. The first-order valence-electron chi connectivity index (χ1n) is 11.1. The van der Waals surface area contributed by atoms with Crippen LogP contribution in [0.1, 0.15) is 53.0 Å². The van der Waals surface area contributed by atoms with Gasteiger partial charge in [0.05, 0.1) is 31.8 Å². The minimum absolute atomic E-state index is 0.0449. The molecule has 1 aromatic rings. The first kappa shape index (κ1) is 24.4. The minimum Gasteiger partial charge on any atom is -0.497 e. The Kier molecular flexibility index (Phi) is 9.37. The highest BCUT2D eigenvalue weighted by atomic mass is 16.5. The third kappa shape index (κ3) is 6.58. The van der Waals surface area contributed by atoms with Crippen LogP contribution in [0.15, 0.2) is 36.4 Å². The predicted octanol–water partition coefficient (Wildman–Crippen LogP) is 4.77. The van der Waals surface area contributed by atoms with Gasteiger partial charge in [-0.05, 0) is 49.3 Å². The maximum Gasteiger partial charge on any atom is 0.311 e. The molecule has 0 radical (unpaired) electrons. The first-order valence-corrected chi connectivity index (χ1v) is 11.1. The highest BCUT2D eigenvalue weighted by molar-refractivity contribution is 5.73. The number of benzene rings is 1. The van der Waals surface area contributed by atoms with Gasteiger partial charge in [-0.15, -0.1) is 0 Å². The Morgan fingerprint density at radius 2 is 1.73 bits per heavy atom. The van der Waals surface area contributed by atoms with Gasteiger partial charge in [0.25, 0.3) is 0 Å². The second kappa shape index (κ2) is 11.5. The van der Waals surface area contributed by atoms with Crippen LogP contribution < -0.4 is 4.74 Å². The molecule has 30 heavy (non-hydrogen) atoms. The zero-order valence-corrected chi connectivity index (χ0v) is 19.2. The summed E-state index contributed by atoms with van der Waals surface area (Å²) in [4.78, 5) is 12.9. The molecule has 0 saturated heterocycles. The van der Waals surface area contributed by atoms with E-state index in [2.05, 4.69) is 6.92 Å². The van der Waals surface area contributed by atoms with E-state index in [9.17, 15) is 9.90 Å². The van der Waals surface area contributed by atoms with Crippen LogP contribution in [0, 0.1) is 23.7 Å². The van der Waals surface area contributed by atoms with Crippen LogP contribution in [0.5, 0.6) is 5.75 Å². The molecule has 1 N–H and O–H groups in total. The number of hydrogen-bond acceptors (Lipinski definition) is 5. The number of methoxy groups -OCH3 is 1. The molecule has 1 aromatic carbocycles. The van der Waals surface area contributed by atoms with E-state index in [4.69, 9.17) is 14.2 Å². The highest BCUT2D eigenvalue weighted by Gasteiger charge is 2.34. The lowest BCUT2D eigenvalue weighted by Crippen LogP contribution is -2.39. The van der Waals surface area contributed by atoms with Gasteiger partial charge in [0.15, 0.2) is 0 Å². The fourth-order valence-corrected chi connectivity index (χ4v) is 4.13. The molecule has 0 saturated carbocycles. The average Bonchev–Trinajstić information content (AvgIpc) is 2.74. The molecule has 5 nitrogen and oxygen atoms in total. The van der Waals surface area contributed by atoms with E-state index in [1.54, 1.807) is 7.11 Å². The van der Waals surface area contributed by atoms with E-state index in [-0.39, 0.29) is 35.9 Å². The summed E-state index contributed by atoms with van der Waals surface area (Å²) in [6.45, 7) is 10.5. The van der Waals surface area contributed by atoms with Crippen LogP contribution in [-0.2, 0) is 20.9 Å². The second-order valence-corrected chi connectivity index (χ2v) is 8.72. The lowest BCUT2D eigenvalue weighted by molar-refractivity contribution is -0.163. The first-order chi connectivity index (χ1) is 14.3. The van der Waals surface area contributed by atoms with E-state index in [1.165, 1.54) is 0 Å². The molecule has 2 rings (SSSR count). The van der Waals surface area contributed by atoms with Gasteiger partial charge in [0, 0.05) is 5.92 Å². The Bertz CT molecular complexity index is 683. The number of hydrogen-bond donors (Lipinski definition) is 1. The van der Waals surface area contributed by atoms with Crippen molar-refractivity contribution in [3.63, 3.8) is 0 Å². The van der Waals surface area contributed by atoms with Crippen LogP contribution in [0.4, 0.5) is 0 Å². The molecule has 1 aliphatic rings. The summed E-state index contributed by atoms with van der Waals surface area (Å²) in [7, 11) is 1.64. The number of esters is 1. The van der Waals surface area contributed by atoms with Crippen molar-refractivity contribution in [2.24, 2.45) is 23.7 Å². The fraction of sp³-hybridized carbons (Fsp3) is 0.640. The smallest absolute Gasteiger partial charge is 0.311 e. The molecule has 7 atom stereocenters. The lowest BCUT2D eigenvalue weighted by atomic mass is 9.84. The van der Waals surface area contributed by atoms with Gasteiger partial charge in [-0.3, -0.25) is 4.79 Å². The van der Waals surface area contributed by atoms with Crippen molar-refractivity contribution < 1.29 is 24.1 Å². The van der Waals surface area contributed by atoms with Crippen LogP contribution >= 0.6 is 0 Å². The average molecular weight is 419 g/mol. The van der Waals surface area contributed by atoms with Gasteiger partial charge in [-0.2, -0.15) is 0 Å². The maximum atomic E-state index is 12.9. The molecule has 0 amide bonds. The molecule has 0 unspecified atom stereocenters. The second-order valence-electron chi connectivity index (χ2n) is 8.72. The molecule has 1 aliphatic heterocycles. The number of carbonyl (C=O) groups excluding carboxylic acids is 1. The van der Waals surface area contributed by atoms with Crippen molar-refractivity contribution in [1.29, 1.82) is 0 Å². The van der Waals surface area contributed by atoms with Gasteiger partial charge < -0.3 is 19.3 Å². The third-order valence-corrected chi connectivity index (χ3v) is 6.22. The van der Waals surface area contributed by atoms with E-state index in [1.807, 2.05) is 64.1 Å². The maximum absolute atomic E-state index is 12.9. The van der Waals surface area contributed by atoms with E-state index in [0.29, 0.717) is 6.61 Å². The van der Waals surface area contributed by atoms with Crippen molar-refractivity contribution in [2.75, 3.05) is 7.11 Å². The van der Waals surface area contributed by atoms with Crippen LogP contribution in [-0.4, -0.2) is 36.5 Å². The van der Waals surface area contributed by atoms with Crippen LogP contribution in [0.3, 0.4) is 0 Å². The van der Waals surface area contributed by atoms with Gasteiger partial charge in [0.1, 0.15) is 11.9 Å². The Morgan fingerprint density at radius 1 is 1.07 bits per heavy atom. The Labute approximate surface area is 181 Å². The lowest BCUT2D eigenvalue weighted by Gasteiger charge is -2.33. The summed E-state index contributed by atoms with van der Waals surface area (Å²) in [5.74, 6) is 0.378. The molecule has 0 aliphatic carbocycles. The number of carbonyl (C=O) groups is 1. The molecule has 5 heteroatoms. The number of aliphatic hydroxyl groups is 1. The number of aliphatic hydroxyl groups excluding tert-OH is 1. The van der Waals surface area contributed by atoms with Crippen LogP contribution in [0.2, 0.25) is 0 Å². The molecular weight excluding hydrogens is 380 g/mol. The molecule has 0 aromatic heterocycles. The zero-order valence-electron chi connectivity index (χ0n) is 19.2. The van der Waals surface area contributed by atoms with E-state index < -0.39 is 12.0 Å². The minimum atomic E-state index is -0.528. The van der Waals surface area contributed by atoms with Gasteiger partial charge in [0.2, 0.25) is 0 Å². The number of ether oxygens (including phenoxy) is 3. The highest BCUT2D eigenvalue weighted by Crippen LogP contribution is 2.29. The van der Waals surface area contributed by atoms with E-state index >= 15 is 0 Å². The summed E-state index contributed by atoms with van der Waals surface area (Å²) >= 11 is 0. The summed E-state index contributed by atoms with van der Waals surface area (Å²) in [6.07, 6.45) is 4.25. The summed E-state index contributed by atoms with van der Waals surface area (Å²) in [5, 5.41) is 10.6. The van der Waals surface area contributed by atoms with Crippen LogP contribution in [0.25, 0.3) is 0 Å². The Hall–Kier alpha value is -1.85. The fourth-order valence-electron chi connectivity index (χ4n) is 4.13. The topological polar surface area (TPSA) is 65.0 Å². The van der Waals surface area contributed by atoms with Gasteiger partial charge in [-0.25, -0.2) is 0 Å². The molecule has 0 bridgehead atoms. The molecule has 0 fully saturated rings. The Balaban J connectivity index is 2.22. The largest absolute Gasteiger partial charge is 0.497 e. The van der Waals surface area contributed by atoms with Crippen molar-refractivity contribution in [3.8, 4) is 5.75 Å². The monoisotopic (exact) mass is 418 g/mol. The standard InChI is InChI=1S/C25H38O5/c1-7-23-16(2)8-13-22(26)17(3)14-18(4)24(19(5)25(27)30-23)29-15-20-9-11-21(28-6)12-10-20/h8-13,16-19,22-24,26H,7,14-15H2,1-6H3/b13-8+/t16-,17-,18+,19-,22-,23-,24+/m1/s1. The van der Waals surface area contributed by atoms with Crippen molar-refractivity contribution in [2.45, 2.75) is 72.4 Å². The summed E-state index contributed by atoms with van der Waals surface area (Å²) < 4.78 is 17.3. The normalized spacial score (nSPS) is 34.4. The van der Waals surface area contributed by atoms with Crippen molar-refractivity contribution in [3.05, 3.63) is 42.0 Å². The zero-order chi connectivity index (χ0) is 22.3. The van der Waals surface area contributed by atoms with E-state index in [0.717, 1.165) is 24.2 Å². The molecule has 0 spiro atoms. The third-order valence-electron chi connectivity index (χ3n) is 6.22. The van der Waals surface area contributed by atoms with Gasteiger partial charge >= 0.3 is 5.97 Å². The van der Waals surface area contributed by atoms with Crippen molar-refractivity contribution >= 4 is 5.97 Å². The van der Waals surface area contributed by atoms with Crippen molar-refractivity contribution in [1.82, 2.24) is 0 Å². The molecular formula is C25H38O5. The summed E-state index contributed by atoms with van der Waals surface area (Å²) in [6, 6.07) is 7.74. The number of rotatable bonds is 5. The molecule has 168 valence electrons. The van der Waals surface area contributed by atoms with Gasteiger partial charge in [-0.1, -0.05) is 52.0 Å². The molecule has 1 heterocycles.